The molecule has 1 aromatic heterocycles. The molecule has 0 radical (unpaired) electrons. The molecule has 0 spiro atoms. The van der Waals surface area contributed by atoms with Crippen LogP contribution in [0, 0.1) is 0 Å². The fourth-order valence-corrected chi connectivity index (χ4v) is 1.37. The molecule has 2 nitrogen and oxygen atoms in total. The molecule has 0 aliphatic carbocycles. The van der Waals surface area contributed by atoms with E-state index in [-0.39, 0.29) is 11.1 Å². The minimum Gasteiger partial charge on any atom is -0.324 e. The van der Waals surface area contributed by atoms with Gasteiger partial charge in [0.1, 0.15) is 5.69 Å². The van der Waals surface area contributed by atoms with E-state index in [4.69, 9.17) is 17.3 Å². The largest absolute Gasteiger partial charge is 0.324 e. The van der Waals surface area contributed by atoms with Crippen molar-refractivity contribution in [3.63, 3.8) is 0 Å². The Morgan fingerprint density at radius 3 is 2.50 bits per heavy atom. The molecule has 1 aromatic rings. The van der Waals surface area contributed by atoms with Crippen molar-refractivity contribution in [3.05, 3.63) is 28.5 Å². The van der Waals surface area contributed by atoms with Crippen molar-refractivity contribution >= 4 is 11.6 Å². The van der Waals surface area contributed by atoms with E-state index >= 15 is 0 Å². The second-order valence-electron chi connectivity index (χ2n) is 3.28. The molecule has 0 amide bonds. The van der Waals surface area contributed by atoms with Crippen LogP contribution in [0.25, 0.3) is 0 Å². The lowest BCUT2D eigenvalue weighted by molar-refractivity contribution is 0.0128. The van der Waals surface area contributed by atoms with Gasteiger partial charge in [-0.1, -0.05) is 11.6 Å². The normalized spacial score (nSPS) is 14.1. The van der Waals surface area contributed by atoms with E-state index in [1.54, 1.807) is 6.92 Å². The first kappa shape index (κ1) is 11.3. The molecule has 78 valence electrons. The summed E-state index contributed by atoms with van der Waals surface area (Å²) in [6.07, 6.45) is 1.32. The SMILES string of the molecule is C[C@H](N)c1cnc(C(C)(F)F)c(Cl)c1. The molecular formula is C9H11ClF2N2. The van der Waals surface area contributed by atoms with E-state index in [0.29, 0.717) is 5.56 Å². The molecule has 0 fully saturated rings. The highest BCUT2D eigenvalue weighted by atomic mass is 35.5. The topological polar surface area (TPSA) is 38.9 Å². The van der Waals surface area contributed by atoms with Gasteiger partial charge in [-0.3, -0.25) is 4.98 Å². The summed E-state index contributed by atoms with van der Waals surface area (Å²) in [6.45, 7) is 2.49. The lowest BCUT2D eigenvalue weighted by atomic mass is 10.1. The van der Waals surface area contributed by atoms with Crippen molar-refractivity contribution in [2.45, 2.75) is 25.8 Å². The van der Waals surface area contributed by atoms with Crippen LogP contribution in [0.2, 0.25) is 5.02 Å². The zero-order valence-electron chi connectivity index (χ0n) is 7.89. The number of pyridine rings is 1. The van der Waals surface area contributed by atoms with Crippen molar-refractivity contribution in [1.29, 1.82) is 0 Å². The van der Waals surface area contributed by atoms with Crippen LogP contribution in [-0.2, 0) is 5.92 Å². The second-order valence-corrected chi connectivity index (χ2v) is 3.68. The van der Waals surface area contributed by atoms with Crippen molar-refractivity contribution in [1.82, 2.24) is 4.98 Å². The van der Waals surface area contributed by atoms with Crippen LogP contribution in [0.1, 0.15) is 31.1 Å². The maximum absolute atomic E-state index is 12.9. The Kier molecular flexibility index (Phi) is 3.07. The molecular weight excluding hydrogens is 210 g/mol. The van der Waals surface area contributed by atoms with Crippen molar-refractivity contribution in [3.8, 4) is 0 Å². The van der Waals surface area contributed by atoms with Crippen LogP contribution in [0.4, 0.5) is 8.78 Å². The third-order valence-electron chi connectivity index (χ3n) is 1.80. The Morgan fingerprint density at radius 2 is 2.14 bits per heavy atom. The fourth-order valence-electron chi connectivity index (χ4n) is 1.02. The molecule has 0 aliphatic heterocycles. The van der Waals surface area contributed by atoms with Crippen molar-refractivity contribution in [2.75, 3.05) is 0 Å². The molecule has 0 unspecified atom stereocenters. The van der Waals surface area contributed by atoms with Gasteiger partial charge in [-0.2, -0.15) is 8.78 Å². The maximum Gasteiger partial charge on any atom is 0.288 e. The predicted molar refractivity (Wildman–Crippen MR) is 51.4 cm³/mol. The first-order valence-electron chi connectivity index (χ1n) is 4.11. The Bertz CT molecular complexity index is 334. The number of halogens is 3. The monoisotopic (exact) mass is 220 g/mol. The quantitative estimate of drug-likeness (QED) is 0.833. The van der Waals surface area contributed by atoms with Crippen LogP contribution < -0.4 is 5.73 Å². The van der Waals surface area contributed by atoms with Gasteiger partial charge in [-0.15, -0.1) is 0 Å². The second kappa shape index (κ2) is 3.79. The number of hydrogen-bond acceptors (Lipinski definition) is 2. The van der Waals surface area contributed by atoms with Gasteiger partial charge in [0.2, 0.25) is 0 Å². The van der Waals surface area contributed by atoms with Crippen molar-refractivity contribution in [2.24, 2.45) is 5.73 Å². The molecule has 5 heteroatoms. The molecule has 0 aromatic carbocycles. The Labute approximate surface area is 86.1 Å². The van der Waals surface area contributed by atoms with Gasteiger partial charge >= 0.3 is 0 Å². The van der Waals surface area contributed by atoms with E-state index in [9.17, 15) is 8.78 Å². The average Bonchev–Trinajstić information content (AvgIpc) is 2.01. The molecule has 1 rings (SSSR count). The highest BCUT2D eigenvalue weighted by Crippen LogP contribution is 2.31. The van der Waals surface area contributed by atoms with E-state index in [2.05, 4.69) is 4.98 Å². The summed E-state index contributed by atoms with van der Waals surface area (Å²) in [5.41, 5.74) is 5.78. The highest BCUT2D eigenvalue weighted by molar-refractivity contribution is 6.31. The third-order valence-corrected chi connectivity index (χ3v) is 2.09. The molecule has 14 heavy (non-hydrogen) atoms. The summed E-state index contributed by atoms with van der Waals surface area (Å²) in [7, 11) is 0. The summed E-state index contributed by atoms with van der Waals surface area (Å²) < 4.78 is 25.7. The Hall–Kier alpha value is -0.740. The van der Waals surface area contributed by atoms with E-state index in [0.717, 1.165) is 6.92 Å². The molecule has 0 aliphatic rings. The Morgan fingerprint density at radius 1 is 1.57 bits per heavy atom. The first-order chi connectivity index (χ1) is 6.32. The van der Waals surface area contributed by atoms with Crippen LogP contribution in [-0.4, -0.2) is 4.98 Å². The van der Waals surface area contributed by atoms with Gasteiger partial charge in [0.05, 0.1) is 5.02 Å². The third kappa shape index (κ3) is 2.39. The number of alkyl halides is 2. The number of hydrogen-bond donors (Lipinski definition) is 1. The lowest BCUT2D eigenvalue weighted by Crippen LogP contribution is -2.12. The summed E-state index contributed by atoms with van der Waals surface area (Å²) >= 11 is 5.66. The van der Waals surface area contributed by atoms with Crippen LogP contribution in [0.15, 0.2) is 12.3 Å². The van der Waals surface area contributed by atoms with Crippen LogP contribution >= 0.6 is 11.6 Å². The molecule has 1 atom stereocenters. The Balaban J connectivity index is 3.15. The number of rotatable bonds is 2. The average molecular weight is 221 g/mol. The number of nitrogens with zero attached hydrogens (tertiary/aromatic N) is 1. The standard InChI is InChI=1S/C9H11ClF2N2/c1-5(13)6-3-7(10)8(14-4-6)9(2,11)12/h3-5H,13H2,1-2H3/t5-/m0/s1. The maximum atomic E-state index is 12.9. The van der Waals surface area contributed by atoms with E-state index < -0.39 is 11.6 Å². The lowest BCUT2D eigenvalue weighted by Gasteiger charge is -2.13. The summed E-state index contributed by atoms with van der Waals surface area (Å²) in [5.74, 6) is -3.02. The van der Waals surface area contributed by atoms with Crippen molar-refractivity contribution < 1.29 is 8.78 Å². The minimum atomic E-state index is -3.02. The summed E-state index contributed by atoms with van der Waals surface area (Å²) in [5, 5.41) is -0.0488. The van der Waals surface area contributed by atoms with E-state index in [1.807, 2.05) is 0 Å². The minimum absolute atomic E-state index is 0.0488. The fraction of sp³-hybridized carbons (Fsp3) is 0.444. The van der Waals surface area contributed by atoms with Gasteiger partial charge in [0.15, 0.2) is 0 Å². The highest BCUT2D eigenvalue weighted by Gasteiger charge is 2.29. The van der Waals surface area contributed by atoms with Gasteiger partial charge in [-0.25, -0.2) is 0 Å². The smallest absolute Gasteiger partial charge is 0.288 e. The predicted octanol–water partition coefficient (Wildman–Crippen LogP) is 2.87. The van der Waals surface area contributed by atoms with Crippen LogP contribution in [0.3, 0.4) is 0 Å². The summed E-state index contributed by atoms with van der Waals surface area (Å²) in [4.78, 5) is 3.61. The van der Waals surface area contributed by atoms with Gasteiger partial charge in [0, 0.05) is 19.2 Å². The van der Waals surface area contributed by atoms with E-state index in [1.165, 1.54) is 12.3 Å². The summed E-state index contributed by atoms with van der Waals surface area (Å²) in [6, 6.07) is 1.16. The zero-order chi connectivity index (χ0) is 10.9. The zero-order valence-corrected chi connectivity index (χ0v) is 8.65. The molecule has 0 saturated heterocycles. The van der Waals surface area contributed by atoms with Gasteiger partial charge in [-0.05, 0) is 18.6 Å². The molecule has 2 N–H and O–H groups in total. The van der Waals surface area contributed by atoms with Gasteiger partial charge < -0.3 is 5.73 Å². The number of aromatic nitrogens is 1. The first-order valence-corrected chi connectivity index (χ1v) is 4.49. The van der Waals surface area contributed by atoms with Crippen LogP contribution in [0.5, 0.6) is 0 Å². The van der Waals surface area contributed by atoms with Gasteiger partial charge in [0.25, 0.3) is 5.92 Å². The number of nitrogens with two attached hydrogens (primary N) is 1. The molecule has 0 bridgehead atoms. The molecule has 1 heterocycles. The molecule has 0 saturated carbocycles.